The number of carboxylic acid groups (broad SMARTS) is 1. The first kappa shape index (κ1) is 13.9. The van der Waals surface area contributed by atoms with Gasteiger partial charge in [-0.3, -0.25) is 4.99 Å². The van der Waals surface area contributed by atoms with Crippen molar-refractivity contribution in [2.45, 2.75) is 38.6 Å². The van der Waals surface area contributed by atoms with E-state index in [1.807, 2.05) is 6.07 Å². The number of phenolic OH excluding ortho intramolecular Hbond substituents is 1. The molecule has 0 radical (unpaired) electrons. The van der Waals surface area contributed by atoms with Crippen molar-refractivity contribution in [3.05, 3.63) is 22.8 Å². The summed E-state index contributed by atoms with van der Waals surface area (Å²) in [7, 11) is 0. The summed E-state index contributed by atoms with van der Waals surface area (Å²) in [5.41, 5.74) is 4.09. The molecule has 0 amide bonds. The smallest absolute Gasteiger partial charge is 0.328 e. The number of carboxylic acids is 1. The molecular weight excluding hydrogens is 268 g/mol. The van der Waals surface area contributed by atoms with Crippen LogP contribution in [-0.2, 0) is 17.6 Å². The quantitative estimate of drug-likeness (QED) is 0.834. The van der Waals surface area contributed by atoms with Gasteiger partial charge >= 0.3 is 5.97 Å². The highest BCUT2D eigenvalue weighted by molar-refractivity contribution is 5.89. The summed E-state index contributed by atoms with van der Waals surface area (Å²) in [6.07, 6.45) is 5.55. The van der Waals surface area contributed by atoms with Crippen molar-refractivity contribution in [2.24, 2.45) is 4.99 Å². The molecule has 1 aromatic rings. The normalized spacial score (nSPS) is 18.6. The molecule has 1 unspecified atom stereocenters. The molecule has 5 nitrogen and oxygen atoms in total. The lowest BCUT2D eigenvalue weighted by atomic mass is 9.89. The van der Waals surface area contributed by atoms with Gasteiger partial charge in [0, 0.05) is 36.1 Å². The molecule has 2 aliphatic heterocycles. The Morgan fingerprint density at radius 1 is 1.38 bits per heavy atom. The molecule has 0 saturated carbocycles. The van der Waals surface area contributed by atoms with E-state index in [-0.39, 0.29) is 5.75 Å². The zero-order valence-corrected chi connectivity index (χ0v) is 12.2. The fraction of sp³-hybridized carbons (Fsp3) is 0.500. The van der Waals surface area contributed by atoms with E-state index in [1.165, 1.54) is 24.4 Å². The maximum absolute atomic E-state index is 10.8. The number of aromatic hydroxyl groups is 1. The number of hydrogen-bond acceptors (Lipinski definition) is 4. The highest BCUT2D eigenvalue weighted by Crippen LogP contribution is 2.41. The van der Waals surface area contributed by atoms with Gasteiger partial charge in [0.15, 0.2) is 0 Å². The van der Waals surface area contributed by atoms with Gasteiger partial charge in [0.1, 0.15) is 11.8 Å². The van der Waals surface area contributed by atoms with Crippen molar-refractivity contribution in [2.75, 3.05) is 18.0 Å². The molecule has 0 bridgehead atoms. The minimum Gasteiger partial charge on any atom is -0.507 e. The molecule has 112 valence electrons. The fourth-order valence-electron chi connectivity index (χ4n) is 3.22. The van der Waals surface area contributed by atoms with Crippen molar-refractivity contribution in [3.8, 4) is 5.75 Å². The molecule has 21 heavy (non-hydrogen) atoms. The topological polar surface area (TPSA) is 73.1 Å². The lowest BCUT2D eigenvalue weighted by Gasteiger charge is -2.37. The van der Waals surface area contributed by atoms with Crippen LogP contribution >= 0.6 is 0 Å². The molecule has 0 aliphatic carbocycles. The lowest BCUT2D eigenvalue weighted by Crippen LogP contribution is -2.34. The van der Waals surface area contributed by atoms with Gasteiger partial charge in [0.2, 0.25) is 0 Å². The lowest BCUT2D eigenvalue weighted by molar-refractivity contribution is -0.137. The molecule has 0 saturated heterocycles. The summed E-state index contributed by atoms with van der Waals surface area (Å²) in [5, 5.41) is 19.4. The maximum Gasteiger partial charge on any atom is 0.328 e. The number of phenols is 1. The van der Waals surface area contributed by atoms with Gasteiger partial charge in [-0.1, -0.05) is 0 Å². The average molecular weight is 288 g/mol. The van der Waals surface area contributed by atoms with Gasteiger partial charge in [-0.05, 0) is 44.2 Å². The third-order valence-electron chi connectivity index (χ3n) is 4.32. The van der Waals surface area contributed by atoms with Gasteiger partial charge in [-0.15, -0.1) is 0 Å². The van der Waals surface area contributed by atoms with E-state index >= 15 is 0 Å². The molecule has 2 aliphatic rings. The van der Waals surface area contributed by atoms with Crippen LogP contribution in [0.2, 0.25) is 0 Å². The third-order valence-corrected chi connectivity index (χ3v) is 4.32. The number of aliphatic carboxylic acids is 1. The number of anilines is 1. The molecule has 2 N–H and O–H groups in total. The minimum atomic E-state index is -0.962. The SMILES string of the molecule is CC(N=Cc1cc2c3c(c1O)CCCN3CCC2)C(=O)O. The van der Waals surface area contributed by atoms with E-state index in [9.17, 15) is 9.90 Å². The molecule has 0 fully saturated rings. The van der Waals surface area contributed by atoms with E-state index in [1.54, 1.807) is 0 Å². The number of benzene rings is 1. The number of hydrogen-bond donors (Lipinski definition) is 2. The van der Waals surface area contributed by atoms with Crippen LogP contribution in [0.5, 0.6) is 5.75 Å². The second-order valence-corrected chi connectivity index (χ2v) is 5.79. The van der Waals surface area contributed by atoms with Crippen LogP contribution in [0.25, 0.3) is 0 Å². The Labute approximate surface area is 123 Å². The van der Waals surface area contributed by atoms with Gasteiger partial charge in [-0.2, -0.15) is 0 Å². The number of aliphatic imine (C=N–C) groups is 1. The van der Waals surface area contributed by atoms with Gasteiger partial charge in [0.05, 0.1) is 0 Å². The van der Waals surface area contributed by atoms with Gasteiger partial charge in [-0.25, -0.2) is 4.79 Å². The number of carbonyl (C=O) groups is 1. The van der Waals surface area contributed by atoms with Crippen molar-refractivity contribution in [1.82, 2.24) is 0 Å². The summed E-state index contributed by atoms with van der Waals surface area (Å²) in [4.78, 5) is 17.2. The molecule has 0 aromatic heterocycles. The first-order valence-corrected chi connectivity index (χ1v) is 7.46. The first-order valence-electron chi connectivity index (χ1n) is 7.46. The fourth-order valence-corrected chi connectivity index (χ4v) is 3.22. The van der Waals surface area contributed by atoms with Crippen LogP contribution < -0.4 is 4.90 Å². The Morgan fingerprint density at radius 2 is 2.10 bits per heavy atom. The number of aryl methyl sites for hydroxylation is 1. The zero-order chi connectivity index (χ0) is 15.0. The third kappa shape index (κ3) is 2.48. The van der Waals surface area contributed by atoms with Crippen molar-refractivity contribution >= 4 is 17.9 Å². The van der Waals surface area contributed by atoms with Crippen molar-refractivity contribution < 1.29 is 15.0 Å². The van der Waals surface area contributed by atoms with Crippen LogP contribution in [0.4, 0.5) is 5.69 Å². The maximum atomic E-state index is 10.8. The second-order valence-electron chi connectivity index (χ2n) is 5.79. The summed E-state index contributed by atoms with van der Waals surface area (Å²) < 4.78 is 0. The van der Waals surface area contributed by atoms with Crippen LogP contribution in [0, 0.1) is 0 Å². The summed E-state index contributed by atoms with van der Waals surface area (Å²) in [5.74, 6) is -0.696. The zero-order valence-electron chi connectivity index (χ0n) is 12.2. The first-order chi connectivity index (χ1) is 10.1. The van der Waals surface area contributed by atoms with Crippen LogP contribution in [0.1, 0.15) is 36.5 Å². The highest BCUT2D eigenvalue weighted by atomic mass is 16.4. The molecular formula is C16H20N2O3. The van der Waals surface area contributed by atoms with E-state index in [0.29, 0.717) is 5.56 Å². The molecule has 1 aromatic carbocycles. The number of nitrogens with zero attached hydrogens (tertiary/aromatic N) is 2. The predicted molar refractivity (Wildman–Crippen MR) is 81.7 cm³/mol. The summed E-state index contributed by atoms with van der Waals surface area (Å²) in [6, 6.07) is 1.16. The Kier molecular flexibility index (Phi) is 3.57. The summed E-state index contributed by atoms with van der Waals surface area (Å²) in [6.45, 7) is 3.64. The van der Waals surface area contributed by atoms with Gasteiger partial charge < -0.3 is 15.1 Å². The van der Waals surface area contributed by atoms with E-state index in [4.69, 9.17) is 5.11 Å². The Morgan fingerprint density at radius 3 is 2.81 bits per heavy atom. The van der Waals surface area contributed by atoms with Crippen molar-refractivity contribution in [1.29, 1.82) is 0 Å². The Balaban J connectivity index is 2.02. The molecule has 0 spiro atoms. The average Bonchev–Trinajstić information content (AvgIpc) is 2.49. The van der Waals surface area contributed by atoms with Crippen LogP contribution in [-0.4, -0.2) is 41.5 Å². The number of rotatable bonds is 3. The molecule has 5 heteroatoms. The van der Waals surface area contributed by atoms with Crippen molar-refractivity contribution in [3.63, 3.8) is 0 Å². The van der Waals surface area contributed by atoms with Gasteiger partial charge in [0.25, 0.3) is 0 Å². The standard InChI is InChI=1S/C16H20N2O3/c1-10(16(20)21)17-9-12-8-11-4-2-6-18-7-3-5-13(14(11)18)15(12)19/h8-10,19H,2-7H2,1H3,(H,20,21). The molecule has 1 atom stereocenters. The minimum absolute atomic E-state index is 0.265. The van der Waals surface area contributed by atoms with E-state index in [0.717, 1.165) is 44.3 Å². The predicted octanol–water partition coefficient (Wildman–Crippen LogP) is 1.98. The summed E-state index contributed by atoms with van der Waals surface area (Å²) >= 11 is 0. The van der Waals surface area contributed by atoms with E-state index < -0.39 is 12.0 Å². The largest absolute Gasteiger partial charge is 0.507 e. The molecule has 3 rings (SSSR count). The van der Waals surface area contributed by atoms with Crippen LogP contribution in [0.15, 0.2) is 11.1 Å². The second kappa shape index (κ2) is 5.39. The Hall–Kier alpha value is -2.04. The monoisotopic (exact) mass is 288 g/mol. The highest BCUT2D eigenvalue weighted by Gasteiger charge is 2.27. The molecule has 2 heterocycles. The Bertz CT molecular complexity index is 608. The van der Waals surface area contributed by atoms with Crippen LogP contribution in [0.3, 0.4) is 0 Å². The van der Waals surface area contributed by atoms with E-state index in [2.05, 4.69) is 9.89 Å².